The van der Waals surface area contributed by atoms with Crippen molar-refractivity contribution in [2.45, 2.75) is 19.4 Å². The fraction of sp³-hybridized carbons (Fsp3) is 0.333. The van der Waals surface area contributed by atoms with Gasteiger partial charge in [-0.15, -0.1) is 0 Å². The van der Waals surface area contributed by atoms with Crippen molar-refractivity contribution in [3.63, 3.8) is 0 Å². The lowest BCUT2D eigenvalue weighted by atomic mass is 10.0. The highest BCUT2D eigenvalue weighted by Gasteiger charge is 2.16. The maximum absolute atomic E-state index is 12.1. The van der Waals surface area contributed by atoms with Crippen LogP contribution in [0.3, 0.4) is 0 Å². The van der Waals surface area contributed by atoms with Crippen LogP contribution in [0.5, 0.6) is 0 Å². The van der Waals surface area contributed by atoms with E-state index in [-0.39, 0.29) is 12.5 Å². The first-order valence-electron chi connectivity index (χ1n) is 6.64. The summed E-state index contributed by atoms with van der Waals surface area (Å²) in [6.07, 6.45) is 2.53. The summed E-state index contributed by atoms with van der Waals surface area (Å²) in [5, 5.41) is 16.3. The first-order valence-corrected chi connectivity index (χ1v) is 6.64. The quantitative estimate of drug-likeness (QED) is 0.866. The number of aromatic nitrogens is 2. The van der Waals surface area contributed by atoms with Crippen LogP contribution in [-0.4, -0.2) is 27.4 Å². The van der Waals surface area contributed by atoms with E-state index >= 15 is 0 Å². The Bertz CT molecular complexity index is 575. The molecule has 5 nitrogen and oxygen atoms in total. The van der Waals surface area contributed by atoms with E-state index in [0.29, 0.717) is 5.69 Å². The Hall–Kier alpha value is -2.14. The summed E-state index contributed by atoms with van der Waals surface area (Å²) in [6, 6.07) is 9.11. The number of hydrogen-bond acceptors (Lipinski definition) is 3. The SMILES string of the molecule is CCc1ccc(C(CO)NC(=O)c2ccnn2C)cc1. The highest BCUT2D eigenvalue weighted by molar-refractivity contribution is 5.92. The van der Waals surface area contributed by atoms with E-state index in [9.17, 15) is 9.90 Å². The molecule has 0 radical (unpaired) electrons. The number of benzene rings is 1. The van der Waals surface area contributed by atoms with Crippen LogP contribution in [0.1, 0.15) is 34.6 Å². The molecule has 1 unspecified atom stereocenters. The molecule has 1 aromatic heterocycles. The van der Waals surface area contributed by atoms with Gasteiger partial charge in [0.15, 0.2) is 0 Å². The van der Waals surface area contributed by atoms with Gasteiger partial charge >= 0.3 is 0 Å². The molecular formula is C15H19N3O2. The average molecular weight is 273 g/mol. The number of carbonyl (C=O) groups excluding carboxylic acids is 1. The molecule has 0 aliphatic heterocycles. The van der Waals surface area contributed by atoms with E-state index in [2.05, 4.69) is 17.3 Å². The van der Waals surface area contributed by atoms with Crippen LogP contribution in [0.15, 0.2) is 36.5 Å². The van der Waals surface area contributed by atoms with Crippen LogP contribution >= 0.6 is 0 Å². The molecule has 0 saturated carbocycles. The van der Waals surface area contributed by atoms with Crippen molar-refractivity contribution >= 4 is 5.91 Å². The lowest BCUT2D eigenvalue weighted by Crippen LogP contribution is -2.32. The van der Waals surface area contributed by atoms with Crippen molar-refractivity contribution in [1.29, 1.82) is 0 Å². The minimum atomic E-state index is -0.414. The van der Waals surface area contributed by atoms with Crippen molar-refractivity contribution in [2.75, 3.05) is 6.61 Å². The molecule has 0 aliphatic carbocycles. The van der Waals surface area contributed by atoms with Crippen LogP contribution in [0.25, 0.3) is 0 Å². The van der Waals surface area contributed by atoms with Gasteiger partial charge in [0.25, 0.3) is 5.91 Å². The van der Waals surface area contributed by atoms with Crippen LogP contribution in [0.2, 0.25) is 0 Å². The Morgan fingerprint density at radius 3 is 2.55 bits per heavy atom. The van der Waals surface area contributed by atoms with E-state index in [1.54, 1.807) is 19.3 Å². The van der Waals surface area contributed by atoms with Gasteiger partial charge in [0.05, 0.1) is 12.6 Å². The lowest BCUT2D eigenvalue weighted by molar-refractivity contribution is 0.0906. The van der Waals surface area contributed by atoms with E-state index in [1.165, 1.54) is 10.2 Å². The fourth-order valence-electron chi connectivity index (χ4n) is 2.05. The zero-order valence-electron chi connectivity index (χ0n) is 11.7. The highest BCUT2D eigenvalue weighted by atomic mass is 16.3. The number of amides is 1. The number of aliphatic hydroxyl groups excluding tert-OH is 1. The second-order valence-electron chi connectivity index (χ2n) is 4.64. The average Bonchev–Trinajstić information content (AvgIpc) is 2.91. The van der Waals surface area contributed by atoms with Crippen LogP contribution in [0, 0.1) is 0 Å². The highest BCUT2D eigenvalue weighted by Crippen LogP contribution is 2.14. The van der Waals surface area contributed by atoms with Gasteiger partial charge in [-0.3, -0.25) is 9.48 Å². The third kappa shape index (κ3) is 3.05. The molecule has 2 aromatic rings. The first-order chi connectivity index (χ1) is 9.65. The fourth-order valence-corrected chi connectivity index (χ4v) is 2.05. The largest absolute Gasteiger partial charge is 0.394 e. The van der Waals surface area contributed by atoms with Gasteiger partial charge in [-0.1, -0.05) is 31.2 Å². The maximum Gasteiger partial charge on any atom is 0.270 e. The number of rotatable bonds is 5. The van der Waals surface area contributed by atoms with Crippen molar-refractivity contribution in [3.05, 3.63) is 53.3 Å². The van der Waals surface area contributed by atoms with Gasteiger partial charge in [0.1, 0.15) is 5.69 Å². The Balaban J connectivity index is 2.12. The Kier molecular flexibility index (Phi) is 4.53. The third-order valence-corrected chi connectivity index (χ3v) is 3.33. The van der Waals surface area contributed by atoms with Gasteiger partial charge in [0.2, 0.25) is 0 Å². The molecule has 1 aromatic carbocycles. The molecule has 1 heterocycles. The monoisotopic (exact) mass is 273 g/mol. The van der Waals surface area contributed by atoms with Crippen molar-refractivity contribution in [1.82, 2.24) is 15.1 Å². The molecule has 0 spiro atoms. The zero-order chi connectivity index (χ0) is 14.5. The summed E-state index contributed by atoms with van der Waals surface area (Å²) in [6.45, 7) is 1.94. The molecule has 0 bridgehead atoms. The van der Waals surface area contributed by atoms with Crippen LogP contribution < -0.4 is 5.32 Å². The molecule has 1 amide bonds. The lowest BCUT2D eigenvalue weighted by Gasteiger charge is -2.17. The molecular weight excluding hydrogens is 254 g/mol. The topological polar surface area (TPSA) is 67.2 Å². The van der Waals surface area contributed by atoms with Gasteiger partial charge in [-0.25, -0.2) is 0 Å². The number of nitrogens with one attached hydrogen (secondary N) is 1. The van der Waals surface area contributed by atoms with E-state index in [1.807, 2.05) is 24.3 Å². The number of aryl methyl sites for hydroxylation is 2. The smallest absolute Gasteiger partial charge is 0.270 e. The minimum Gasteiger partial charge on any atom is -0.394 e. The number of nitrogens with zero attached hydrogens (tertiary/aromatic N) is 2. The first kappa shape index (κ1) is 14.3. The van der Waals surface area contributed by atoms with E-state index in [4.69, 9.17) is 0 Å². The second kappa shape index (κ2) is 6.34. The molecule has 2 rings (SSSR count). The number of carbonyl (C=O) groups is 1. The maximum atomic E-state index is 12.1. The molecule has 5 heteroatoms. The Morgan fingerprint density at radius 1 is 1.35 bits per heavy atom. The summed E-state index contributed by atoms with van der Waals surface area (Å²) < 4.78 is 1.50. The summed E-state index contributed by atoms with van der Waals surface area (Å²) in [5.74, 6) is -0.247. The second-order valence-corrected chi connectivity index (χ2v) is 4.64. The van der Waals surface area contributed by atoms with Crippen molar-refractivity contribution < 1.29 is 9.90 Å². The molecule has 0 fully saturated rings. The van der Waals surface area contributed by atoms with Gasteiger partial charge in [-0.2, -0.15) is 5.10 Å². The summed E-state index contributed by atoms with van der Waals surface area (Å²) in [5.41, 5.74) is 2.58. The minimum absolute atomic E-state index is 0.144. The summed E-state index contributed by atoms with van der Waals surface area (Å²) in [7, 11) is 1.71. The molecule has 1 atom stereocenters. The Labute approximate surface area is 118 Å². The molecule has 0 aliphatic rings. The Morgan fingerprint density at radius 2 is 2.05 bits per heavy atom. The molecule has 0 saturated heterocycles. The van der Waals surface area contributed by atoms with E-state index < -0.39 is 6.04 Å². The van der Waals surface area contributed by atoms with Gasteiger partial charge in [0, 0.05) is 13.2 Å². The summed E-state index contributed by atoms with van der Waals surface area (Å²) in [4.78, 5) is 12.1. The van der Waals surface area contributed by atoms with Crippen LogP contribution in [0.4, 0.5) is 0 Å². The zero-order valence-corrected chi connectivity index (χ0v) is 11.7. The number of aliphatic hydroxyl groups is 1. The predicted molar refractivity (Wildman–Crippen MR) is 76.3 cm³/mol. The third-order valence-electron chi connectivity index (χ3n) is 3.33. The van der Waals surface area contributed by atoms with Crippen LogP contribution in [-0.2, 0) is 13.5 Å². The van der Waals surface area contributed by atoms with E-state index in [0.717, 1.165) is 12.0 Å². The molecule has 2 N–H and O–H groups in total. The van der Waals surface area contributed by atoms with Gasteiger partial charge < -0.3 is 10.4 Å². The van der Waals surface area contributed by atoms with Crippen molar-refractivity contribution in [3.8, 4) is 0 Å². The normalized spacial score (nSPS) is 12.2. The van der Waals surface area contributed by atoms with Crippen molar-refractivity contribution in [2.24, 2.45) is 7.05 Å². The number of hydrogen-bond donors (Lipinski definition) is 2. The molecule has 106 valence electrons. The summed E-state index contributed by atoms with van der Waals surface area (Å²) >= 11 is 0. The molecule has 20 heavy (non-hydrogen) atoms. The predicted octanol–water partition coefficient (Wildman–Crippen LogP) is 1.45. The standard InChI is InChI=1S/C15H19N3O2/c1-3-11-4-6-12(7-5-11)13(10-19)17-15(20)14-8-9-16-18(14)2/h4-9,13,19H,3,10H2,1-2H3,(H,17,20). The van der Waals surface area contributed by atoms with Gasteiger partial charge in [-0.05, 0) is 23.6 Å².